The Morgan fingerprint density at radius 1 is 1.38 bits per heavy atom. The molecular weight excluding hydrogens is 200 g/mol. The third-order valence-corrected chi connectivity index (χ3v) is 3.89. The van der Waals surface area contributed by atoms with Gasteiger partial charge in [-0.3, -0.25) is 0 Å². The molecule has 0 amide bonds. The summed E-state index contributed by atoms with van der Waals surface area (Å²) < 4.78 is 5.59. The molecule has 1 rings (SSSR count). The van der Waals surface area contributed by atoms with Crippen molar-refractivity contribution >= 4 is 0 Å². The quantitative estimate of drug-likeness (QED) is 0.718. The summed E-state index contributed by atoms with van der Waals surface area (Å²) in [5.74, 6) is 0. The van der Waals surface area contributed by atoms with Gasteiger partial charge in [0, 0.05) is 31.2 Å². The smallest absolute Gasteiger partial charge is 0.0547 e. The van der Waals surface area contributed by atoms with Crippen LogP contribution in [0.1, 0.15) is 33.1 Å². The van der Waals surface area contributed by atoms with Crippen molar-refractivity contribution in [3.63, 3.8) is 0 Å². The zero-order chi connectivity index (χ0) is 12.0. The fourth-order valence-corrected chi connectivity index (χ4v) is 2.91. The van der Waals surface area contributed by atoms with Gasteiger partial charge in [-0.25, -0.2) is 0 Å². The van der Waals surface area contributed by atoms with Crippen molar-refractivity contribution in [3.8, 4) is 0 Å². The molecule has 1 saturated heterocycles. The summed E-state index contributed by atoms with van der Waals surface area (Å²) in [5, 5.41) is 3.32. The molecule has 16 heavy (non-hydrogen) atoms. The number of hydrogen-bond donors (Lipinski definition) is 1. The van der Waals surface area contributed by atoms with Gasteiger partial charge in [0.25, 0.3) is 0 Å². The second kappa shape index (κ2) is 6.58. The second-order valence-electron chi connectivity index (χ2n) is 5.22. The van der Waals surface area contributed by atoms with E-state index in [1.165, 1.54) is 19.3 Å². The standard InChI is InChI=1S/C13H28N2O/c1-5-12(6-2)15(4)10-13(9-14-3)7-8-16-11-13/h12,14H,5-11H2,1-4H3. The van der Waals surface area contributed by atoms with E-state index in [0.717, 1.165) is 26.3 Å². The average Bonchev–Trinajstić information content (AvgIpc) is 2.69. The van der Waals surface area contributed by atoms with E-state index >= 15 is 0 Å². The summed E-state index contributed by atoms with van der Waals surface area (Å²) in [6.07, 6.45) is 3.67. The van der Waals surface area contributed by atoms with Crippen LogP contribution in [0.5, 0.6) is 0 Å². The molecule has 0 aliphatic carbocycles. The first kappa shape index (κ1) is 13.9. The zero-order valence-electron chi connectivity index (χ0n) is 11.4. The van der Waals surface area contributed by atoms with Gasteiger partial charge in [0.05, 0.1) is 6.61 Å². The van der Waals surface area contributed by atoms with Crippen LogP contribution in [0.25, 0.3) is 0 Å². The molecule has 0 aromatic rings. The van der Waals surface area contributed by atoms with Crippen LogP contribution < -0.4 is 5.32 Å². The Hall–Kier alpha value is -0.120. The van der Waals surface area contributed by atoms with Gasteiger partial charge in [0.2, 0.25) is 0 Å². The molecule has 0 saturated carbocycles. The highest BCUT2D eigenvalue weighted by Crippen LogP contribution is 2.29. The predicted molar refractivity (Wildman–Crippen MR) is 68.8 cm³/mol. The predicted octanol–water partition coefficient (Wildman–Crippen LogP) is 1.73. The van der Waals surface area contributed by atoms with E-state index in [2.05, 4.69) is 31.1 Å². The summed E-state index contributed by atoms with van der Waals surface area (Å²) in [6, 6.07) is 0.717. The molecule has 1 unspecified atom stereocenters. The molecule has 0 radical (unpaired) electrons. The van der Waals surface area contributed by atoms with Gasteiger partial charge < -0.3 is 15.0 Å². The van der Waals surface area contributed by atoms with Crippen molar-refractivity contribution in [2.75, 3.05) is 40.4 Å². The highest BCUT2D eigenvalue weighted by Gasteiger charge is 2.36. The Morgan fingerprint density at radius 3 is 2.50 bits per heavy atom. The molecule has 1 aliphatic rings. The van der Waals surface area contributed by atoms with Crippen molar-refractivity contribution in [1.29, 1.82) is 0 Å². The van der Waals surface area contributed by atoms with Gasteiger partial charge in [-0.05, 0) is 33.4 Å². The van der Waals surface area contributed by atoms with Crippen molar-refractivity contribution in [2.45, 2.75) is 39.2 Å². The molecule has 1 N–H and O–H groups in total. The minimum atomic E-state index is 0.339. The molecular formula is C13H28N2O. The van der Waals surface area contributed by atoms with Crippen LogP contribution in [-0.4, -0.2) is 51.3 Å². The van der Waals surface area contributed by atoms with Crippen LogP contribution in [-0.2, 0) is 4.74 Å². The third kappa shape index (κ3) is 3.44. The Morgan fingerprint density at radius 2 is 2.06 bits per heavy atom. The molecule has 0 aromatic heterocycles. The monoisotopic (exact) mass is 228 g/mol. The van der Waals surface area contributed by atoms with Gasteiger partial charge in [-0.2, -0.15) is 0 Å². The minimum absolute atomic E-state index is 0.339. The lowest BCUT2D eigenvalue weighted by Gasteiger charge is -2.36. The molecule has 0 aromatic carbocycles. The first-order valence-corrected chi connectivity index (χ1v) is 6.60. The van der Waals surface area contributed by atoms with E-state index in [1.807, 2.05) is 7.05 Å². The van der Waals surface area contributed by atoms with E-state index < -0.39 is 0 Å². The SMILES string of the molecule is CCC(CC)N(C)CC1(CNC)CCOC1. The molecule has 1 aliphatic heterocycles. The normalized spacial score (nSPS) is 25.9. The maximum absolute atomic E-state index is 5.59. The highest BCUT2D eigenvalue weighted by molar-refractivity contribution is 4.88. The Kier molecular flexibility index (Phi) is 5.73. The van der Waals surface area contributed by atoms with Gasteiger partial charge in [-0.1, -0.05) is 13.8 Å². The van der Waals surface area contributed by atoms with E-state index in [-0.39, 0.29) is 0 Å². The van der Waals surface area contributed by atoms with E-state index in [1.54, 1.807) is 0 Å². The fraction of sp³-hybridized carbons (Fsp3) is 1.00. The minimum Gasteiger partial charge on any atom is -0.381 e. The van der Waals surface area contributed by atoms with Crippen LogP contribution >= 0.6 is 0 Å². The topological polar surface area (TPSA) is 24.5 Å². The van der Waals surface area contributed by atoms with Crippen LogP contribution in [0, 0.1) is 5.41 Å². The molecule has 1 atom stereocenters. The van der Waals surface area contributed by atoms with Crippen LogP contribution in [0.4, 0.5) is 0 Å². The maximum Gasteiger partial charge on any atom is 0.0547 e. The number of ether oxygens (including phenoxy) is 1. The third-order valence-electron chi connectivity index (χ3n) is 3.89. The second-order valence-corrected chi connectivity index (χ2v) is 5.22. The molecule has 96 valence electrons. The number of rotatable bonds is 7. The molecule has 3 nitrogen and oxygen atoms in total. The van der Waals surface area contributed by atoms with Crippen molar-refractivity contribution < 1.29 is 4.74 Å². The van der Waals surface area contributed by atoms with Gasteiger partial charge in [0.15, 0.2) is 0 Å². The zero-order valence-corrected chi connectivity index (χ0v) is 11.4. The Labute approximate surface area is 101 Å². The maximum atomic E-state index is 5.59. The molecule has 0 spiro atoms. The molecule has 3 heteroatoms. The van der Waals surface area contributed by atoms with E-state index in [4.69, 9.17) is 4.74 Å². The molecule has 1 fully saturated rings. The van der Waals surface area contributed by atoms with E-state index in [0.29, 0.717) is 11.5 Å². The summed E-state index contributed by atoms with van der Waals surface area (Å²) >= 11 is 0. The van der Waals surface area contributed by atoms with Gasteiger partial charge >= 0.3 is 0 Å². The van der Waals surface area contributed by atoms with Crippen LogP contribution in [0.15, 0.2) is 0 Å². The van der Waals surface area contributed by atoms with Crippen molar-refractivity contribution in [3.05, 3.63) is 0 Å². The lowest BCUT2D eigenvalue weighted by Crippen LogP contribution is -2.45. The van der Waals surface area contributed by atoms with Gasteiger partial charge in [0.1, 0.15) is 0 Å². The van der Waals surface area contributed by atoms with E-state index in [9.17, 15) is 0 Å². The molecule has 0 bridgehead atoms. The van der Waals surface area contributed by atoms with Crippen molar-refractivity contribution in [1.82, 2.24) is 10.2 Å². The first-order valence-electron chi connectivity index (χ1n) is 6.60. The van der Waals surface area contributed by atoms with Gasteiger partial charge in [-0.15, -0.1) is 0 Å². The number of nitrogens with zero attached hydrogens (tertiary/aromatic N) is 1. The fourth-order valence-electron chi connectivity index (χ4n) is 2.91. The summed E-state index contributed by atoms with van der Waals surface area (Å²) in [6.45, 7) is 8.62. The Bertz CT molecular complexity index is 186. The highest BCUT2D eigenvalue weighted by atomic mass is 16.5. The lowest BCUT2D eigenvalue weighted by molar-refractivity contribution is 0.0994. The summed E-state index contributed by atoms with van der Waals surface area (Å²) in [5.41, 5.74) is 0.339. The van der Waals surface area contributed by atoms with Crippen LogP contribution in [0.3, 0.4) is 0 Å². The Balaban J connectivity index is 2.53. The number of hydrogen-bond acceptors (Lipinski definition) is 3. The average molecular weight is 228 g/mol. The molecule has 1 heterocycles. The first-order chi connectivity index (χ1) is 7.67. The summed E-state index contributed by atoms with van der Waals surface area (Å²) in [7, 11) is 4.30. The van der Waals surface area contributed by atoms with Crippen LogP contribution in [0.2, 0.25) is 0 Å². The largest absolute Gasteiger partial charge is 0.381 e. The lowest BCUT2D eigenvalue weighted by atomic mass is 9.86. The number of nitrogens with one attached hydrogen (secondary N) is 1. The summed E-state index contributed by atoms with van der Waals surface area (Å²) in [4.78, 5) is 2.52. The van der Waals surface area contributed by atoms with Crippen molar-refractivity contribution in [2.24, 2.45) is 5.41 Å².